The molecule has 1 N–H and O–H groups in total. The van der Waals surface area contributed by atoms with E-state index in [1.54, 1.807) is 11.3 Å². The molecular formula is C15H25N3O3S2. The van der Waals surface area contributed by atoms with Crippen molar-refractivity contribution in [3.63, 3.8) is 0 Å². The highest BCUT2D eigenvalue weighted by molar-refractivity contribution is 7.91. The van der Waals surface area contributed by atoms with Crippen LogP contribution in [0.2, 0.25) is 0 Å². The van der Waals surface area contributed by atoms with Crippen LogP contribution in [0.1, 0.15) is 28.4 Å². The summed E-state index contributed by atoms with van der Waals surface area (Å²) < 4.78 is 22.9. The number of rotatable bonds is 7. The van der Waals surface area contributed by atoms with Crippen molar-refractivity contribution >= 4 is 27.1 Å². The van der Waals surface area contributed by atoms with Crippen molar-refractivity contribution in [2.75, 3.05) is 31.6 Å². The van der Waals surface area contributed by atoms with Gasteiger partial charge in [0.1, 0.15) is 0 Å². The van der Waals surface area contributed by atoms with Gasteiger partial charge in [-0.25, -0.2) is 13.4 Å². The van der Waals surface area contributed by atoms with Crippen LogP contribution < -0.4 is 5.32 Å². The van der Waals surface area contributed by atoms with E-state index in [-0.39, 0.29) is 30.0 Å². The SMILES string of the molecule is Cc1nc(CCCNC(=O)CN(C)C2CCS(=O)(=O)C2)sc1C. The number of hydrogen-bond acceptors (Lipinski definition) is 6. The molecule has 23 heavy (non-hydrogen) atoms. The van der Waals surface area contributed by atoms with Gasteiger partial charge in [0.2, 0.25) is 5.91 Å². The van der Waals surface area contributed by atoms with Crippen LogP contribution in [0.15, 0.2) is 0 Å². The molecule has 130 valence electrons. The highest BCUT2D eigenvalue weighted by Gasteiger charge is 2.31. The summed E-state index contributed by atoms with van der Waals surface area (Å²) in [4.78, 5) is 19.5. The molecule has 0 bridgehead atoms. The number of aryl methyl sites for hydroxylation is 3. The first-order chi connectivity index (χ1) is 10.8. The van der Waals surface area contributed by atoms with Crippen molar-refractivity contribution in [2.24, 2.45) is 0 Å². The number of carbonyl (C=O) groups excluding carboxylic acids is 1. The molecule has 1 aromatic heterocycles. The van der Waals surface area contributed by atoms with Gasteiger partial charge < -0.3 is 5.32 Å². The molecule has 1 atom stereocenters. The first-order valence-corrected chi connectivity index (χ1v) is 10.5. The fourth-order valence-electron chi connectivity index (χ4n) is 2.65. The van der Waals surface area contributed by atoms with Gasteiger partial charge >= 0.3 is 0 Å². The average Bonchev–Trinajstić information content (AvgIpc) is 2.98. The minimum atomic E-state index is -2.91. The second-order valence-corrected chi connectivity index (χ2v) is 9.69. The van der Waals surface area contributed by atoms with Gasteiger partial charge in [0.15, 0.2) is 9.84 Å². The first-order valence-electron chi connectivity index (χ1n) is 7.87. The van der Waals surface area contributed by atoms with Gasteiger partial charge in [-0.3, -0.25) is 9.69 Å². The topological polar surface area (TPSA) is 79.4 Å². The van der Waals surface area contributed by atoms with Crippen molar-refractivity contribution in [3.8, 4) is 0 Å². The Balaban J connectivity index is 1.65. The molecule has 0 saturated carbocycles. The van der Waals surface area contributed by atoms with E-state index in [2.05, 4.69) is 17.2 Å². The lowest BCUT2D eigenvalue weighted by Crippen LogP contribution is -2.41. The summed E-state index contributed by atoms with van der Waals surface area (Å²) in [6.07, 6.45) is 2.35. The molecule has 0 radical (unpaired) electrons. The Kier molecular flexibility index (Phi) is 6.16. The van der Waals surface area contributed by atoms with Crippen molar-refractivity contribution in [2.45, 2.75) is 39.2 Å². The highest BCUT2D eigenvalue weighted by Crippen LogP contribution is 2.17. The molecule has 1 fully saturated rings. The largest absolute Gasteiger partial charge is 0.355 e. The number of hydrogen-bond donors (Lipinski definition) is 1. The number of nitrogens with zero attached hydrogens (tertiary/aromatic N) is 2. The summed E-state index contributed by atoms with van der Waals surface area (Å²) in [5.74, 6) is 0.346. The fraction of sp³-hybridized carbons (Fsp3) is 0.733. The van der Waals surface area contributed by atoms with Crippen LogP contribution in [-0.2, 0) is 21.1 Å². The van der Waals surface area contributed by atoms with Crippen LogP contribution in [-0.4, -0.2) is 61.9 Å². The fourth-order valence-corrected chi connectivity index (χ4v) is 5.43. The highest BCUT2D eigenvalue weighted by atomic mass is 32.2. The third-order valence-corrected chi connectivity index (χ3v) is 7.07. The standard InChI is InChI=1S/C15H25N3O3S2/c1-11-12(2)22-15(17-11)5-4-7-16-14(19)9-18(3)13-6-8-23(20,21)10-13/h13H,4-10H2,1-3H3,(H,16,19). The van der Waals surface area contributed by atoms with Crippen LogP contribution in [0, 0.1) is 13.8 Å². The zero-order chi connectivity index (χ0) is 17.0. The van der Waals surface area contributed by atoms with Gasteiger partial charge in [0.05, 0.1) is 28.8 Å². The minimum absolute atomic E-state index is 0.0352. The van der Waals surface area contributed by atoms with Gasteiger partial charge in [-0.2, -0.15) is 0 Å². The van der Waals surface area contributed by atoms with Gasteiger partial charge in [-0.1, -0.05) is 0 Å². The van der Waals surface area contributed by atoms with E-state index >= 15 is 0 Å². The van der Waals surface area contributed by atoms with E-state index in [0.717, 1.165) is 23.5 Å². The van der Waals surface area contributed by atoms with Crippen LogP contribution >= 0.6 is 11.3 Å². The summed E-state index contributed by atoms with van der Waals surface area (Å²) in [5, 5.41) is 4.01. The van der Waals surface area contributed by atoms with Crippen molar-refractivity contribution in [1.29, 1.82) is 0 Å². The Bertz CT molecular complexity index is 635. The number of likely N-dealkylation sites (N-methyl/N-ethyl adjacent to an activating group) is 1. The van der Waals surface area contributed by atoms with Crippen LogP contribution in [0.3, 0.4) is 0 Å². The zero-order valence-corrected chi connectivity index (χ0v) is 15.6. The second-order valence-electron chi connectivity index (χ2n) is 6.17. The first kappa shape index (κ1) is 18.4. The number of thiazole rings is 1. The molecule has 2 heterocycles. The van der Waals surface area contributed by atoms with Crippen LogP contribution in [0.5, 0.6) is 0 Å². The maximum Gasteiger partial charge on any atom is 0.234 e. The summed E-state index contributed by atoms with van der Waals surface area (Å²) in [6.45, 7) is 4.94. The molecule has 1 saturated heterocycles. The number of sulfone groups is 1. The molecule has 1 aromatic rings. The van der Waals surface area contributed by atoms with Gasteiger partial charge in [-0.15, -0.1) is 11.3 Å². The number of amides is 1. The van der Waals surface area contributed by atoms with Crippen molar-refractivity contribution < 1.29 is 13.2 Å². The molecule has 1 unspecified atom stereocenters. The predicted molar refractivity (Wildman–Crippen MR) is 92.6 cm³/mol. The van der Waals surface area contributed by atoms with E-state index in [1.807, 2.05) is 18.9 Å². The van der Waals surface area contributed by atoms with E-state index in [1.165, 1.54) is 4.88 Å². The monoisotopic (exact) mass is 359 g/mol. The molecule has 0 aliphatic carbocycles. The van der Waals surface area contributed by atoms with Gasteiger partial charge in [0.25, 0.3) is 0 Å². The summed E-state index contributed by atoms with van der Waals surface area (Å²) in [6, 6.07) is -0.0352. The van der Waals surface area contributed by atoms with E-state index in [9.17, 15) is 13.2 Å². The number of aromatic nitrogens is 1. The summed E-state index contributed by atoms with van der Waals surface area (Å²) in [5.41, 5.74) is 1.09. The van der Waals surface area contributed by atoms with E-state index in [4.69, 9.17) is 0 Å². The third kappa shape index (κ3) is 5.54. The molecule has 0 spiro atoms. The van der Waals surface area contributed by atoms with Crippen LogP contribution in [0.25, 0.3) is 0 Å². The van der Waals surface area contributed by atoms with Crippen LogP contribution in [0.4, 0.5) is 0 Å². The molecule has 1 amide bonds. The molecule has 2 rings (SSSR count). The van der Waals surface area contributed by atoms with Gasteiger partial charge in [0, 0.05) is 23.9 Å². The number of nitrogens with one attached hydrogen (secondary N) is 1. The maximum absolute atomic E-state index is 11.9. The smallest absolute Gasteiger partial charge is 0.234 e. The predicted octanol–water partition coefficient (Wildman–Crippen LogP) is 0.928. The average molecular weight is 360 g/mol. The second kappa shape index (κ2) is 7.72. The molecule has 8 heteroatoms. The quantitative estimate of drug-likeness (QED) is 0.733. The lowest BCUT2D eigenvalue weighted by atomic mass is 10.2. The maximum atomic E-state index is 11.9. The third-order valence-electron chi connectivity index (χ3n) is 4.19. The van der Waals surface area contributed by atoms with Crippen molar-refractivity contribution in [1.82, 2.24) is 15.2 Å². The minimum Gasteiger partial charge on any atom is -0.355 e. The van der Waals surface area contributed by atoms with Crippen molar-refractivity contribution in [3.05, 3.63) is 15.6 Å². The molecule has 0 aromatic carbocycles. The number of carbonyl (C=O) groups is 1. The normalized spacial score (nSPS) is 20.1. The Morgan fingerprint density at radius 1 is 1.43 bits per heavy atom. The summed E-state index contributed by atoms with van der Waals surface area (Å²) >= 11 is 1.71. The lowest BCUT2D eigenvalue weighted by Gasteiger charge is -2.22. The van der Waals surface area contributed by atoms with E-state index in [0.29, 0.717) is 13.0 Å². The molecule has 1 aliphatic rings. The zero-order valence-electron chi connectivity index (χ0n) is 14.0. The Labute approximate surface area is 142 Å². The van der Waals surface area contributed by atoms with Gasteiger partial charge in [-0.05, 0) is 33.7 Å². The molecular weight excluding hydrogens is 334 g/mol. The van der Waals surface area contributed by atoms with E-state index < -0.39 is 9.84 Å². The molecule has 1 aliphatic heterocycles. The Morgan fingerprint density at radius 3 is 2.74 bits per heavy atom. The summed E-state index contributed by atoms with van der Waals surface area (Å²) in [7, 11) is -1.10. The molecule has 6 nitrogen and oxygen atoms in total. The lowest BCUT2D eigenvalue weighted by molar-refractivity contribution is -0.122. The Morgan fingerprint density at radius 2 is 2.17 bits per heavy atom. The Hall–Kier alpha value is -0.990.